The van der Waals surface area contributed by atoms with Crippen molar-refractivity contribution < 1.29 is 22.3 Å². The van der Waals surface area contributed by atoms with Gasteiger partial charge in [-0.05, 0) is 229 Å². The normalized spacial score (nSPS) is 9.28. The summed E-state index contributed by atoms with van der Waals surface area (Å²) in [5, 5.41) is 17.5. The Labute approximate surface area is 534 Å². The lowest BCUT2D eigenvalue weighted by molar-refractivity contribution is 0.397. The van der Waals surface area contributed by atoms with Crippen LogP contribution in [-0.4, -0.2) is 19.9 Å². The van der Waals surface area contributed by atoms with Gasteiger partial charge in [-0.3, -0.25) is 0 Å². The summed E-state index contributed by atoms with van der Waals surface area (Å²) in [6.07, 6.45) is 16.9. The molecule has 0 N–H and O–H groups in total. The van der Waals surface area contributed by atoms with Crippen LogP contribution in [0.4, 0.5) is 0 Å². The molecule has 12 aromatic heterocycles. The second-order valence-electron chi connectivity index (χ2n) is 18.8. The standard InChI is InChI=1S/2C11H10S.2C6H8S.C5H7N.2C5H6O.2C5H6S.3C4H5NO/c1-9-7-11(8-12-9)10-5-3-2-4-6-10;1-9-7-8-11(12-9)10-5-3-2-4-6-10;1-5-3-6(2)7-4-5;1-5-3-4-6(2)7-5;1-6-4-2-3-5-6;1-5-2-3-6-4-5;1-5-3-2-4-6-5;1-5-2-3-6-4-5;1-5-3-2-4-6-5;1-4-2-6-3-5-4;1-4-2-5-6-3-4;1-4-2-3-5-6-4/h2*2-8H,1H3;2*3-4H,1-2H3;2-5H,1H3;4*2-4H,1H3;3*2-3H,1H3. The van der Waals surface area contributed by atoms with E-state index < -0.39 is 0 Å². The summed E-state index contributed by atoms with van der Waals surface area (Å²) < 4.78 is 25.2. The molecule has 0 atom stereocenters. The zero-order valence-corrected chi connectivity index (χ0v) is 56.8. The van der Waals surface area contributed by atoms with Gasteiger partial charge in [-0.1, -0.05) is 77.0 Å². The Bertz CT molecular complexity index is 3080. The zero-order valence-electron chi connectivity index (χ0n) is 51.9. The molecule has 0 unspecified atom stereocenters. The number of furan rings is 2. The predicted octanol–water partition coefficient (Wildman–Crippen LogP) is 23.4. The van der Waals surface area contributed by atoms with Gasteiger partial charge in [-0.15, -0.1) is 56.7 Å². The molecular weight excluding hydrogens is 1180 g/mol. The second-order valence-corrected chi connectivity index (χ2v) is 25.8. The number of nitrogens with zero attached hydrogens (tertiary/aromatic N) is 4. The fourth-order valence-electron chi connectivity index (χ4n) is 6.17. The van der Waals surface area contributed by atoms with E-state index in [1.54, 1.807) is 95.1 Å². The molecule has 452 valence electrons. The fraction of sp³-hybridized carbons (Fsp3) is 0.197. The molecule has 86 heavy (non-hydrogen) atoms. The summed E-state index contributed by atoms with van der Waals surface area (Å²) in [6.45, 7) is 26.5. The molecule has 0 aliphatic carbocycles. The van der Waals surface area contributed by atoms with E-state index in [4.69, 9.17) is 8.83 Å². The first kappa shape index (κ1) is 72.4. The van der Waals surface area contributed by atoms with Crippen molar-refractivity contribution in [3.8, 4) is 21.6 Å². The van der Waals surface area contributed by atoms with Crippen molar-refractivity contribution in [3.05, 3.63) is 310 Å². The van der Waals surface area contributed by atoms with Gasteiger partial charge in [-0.25, -0.2) is 4.98 Å². The third-order valence-corrected chi connectivity index (χ3v) is 15.9. The zero-order chi connectivity index (χ0) is 62.6. The maximum Gasteiger partial charge on any atom is 0.180 e. The van der Waals surface area contributed by atoms with Gasteiger partial charge in [0.1, 0.15) is 24.0 Å². The average molecular weight is 1260 g/mol. The summed E-state index contributed by atoms with van der Waals surface area (Å²) in [5.74, 6) is 1.82. The molecule has 15 heteroatoms. The van der Waals surface area contributed by atoms with E-state index in [1.165, 1.54) is 73.9 Å². The van der Waals surface area contributed by atoms with Crippen molar-refractivity contribution in [3.63, 3.8) is 0 Å². The quantitative estimate of drug-likeness (QED) is 0.168. The first-order valence-electron chi connectivity index (χ1n) is 27.4. The van der Waals surface area contributed by atoms with Gasteiger partial charge in [0.05, 0.1) is 36.9 Å². The van der Waals surface area contributed by atoms with Gasteiger partial charge in [0, 0.05) is 65.2 Å². The van der Waals surface area contributed by atoms with Crippen LogP contribution in [0.1, 0.15) is 68.7 Å². The summed E-state index contributed by atoms with van der Waals surface area (Å²) in [7, 11) is 2.00. The third-order valence-electron chi connectivity index (χ3n) is 10.5. The van der Waals surface area contributed by atoms with E-state index in [0.717, 1.165) is 22.8 Å². The minimum atomic E-state index is 0.856. The Morgan fingerprint density at radius 1 is 0.419 bits per heavy atom. The number of hydrogen-bond acceptors (Lipinski definition) is 14. The predicted molar refractivity (Wildman–Crippen MR) is 371 cm³/mol. The third kappa shape index (κ3) is 36.7. The van der Waals surface area contributed by atoms with Crippen molar-refractivity contribution in [2.45, 2.75) is 90.0 Å². The van der Waals surface area contributed by atoms with Crippen LogP contribution in [0.3, 0.4) is 0 Å². The van der Waals surface area contributed by atoms with Crippen LogP contribution in [0, 0.1) is 90.0 Å². The second kappa shape index (κ2) is 44.6. The van der Waals surface area contributed by atoms with Crippen molar-refractivity contribution in [1.29, 1.82) is 0 Å². The number of aryl methyl sites for hydroxylation is 14. The molecule has 14 aromatic rings. The molecule has 9 nitrogen and oxygen atoms in total. The van der Waals surface area contributed by atoms with Gasteiger partial charge in [0.25, 0.3) is 0 Å². The van der Waals surface area contributed by atoms with Crippen LogP contribution < -0.4 is 0 Å². The van der Waals surface area contributed by atoms with Crippen molar-refractivity contribution >= 4 is 68.0 Å². The lowest BCUT2D eigenvalue weighted by Crippen LogP contribution is -1.75. The van der Waals surface area contributed by atoms with Gasteiger partial charge in [0.2, 0.25) is 0 Å². The van der Waals surface area contributed by atoms with Crippen molar-refractivity contribution in [2.24, 2.45) is 7.05 Å². The largest absolute Gasteiger partial charge is 0.472 e. The number of rotatable bonds is 2. The highest BCUT2D eigenvalue weighted by molar-refractivity contribution is 7.15. The van der Waals surface area contributed by atoms with Gasteiger partial charge < -0.3 is 26.9 Å². The maximum atomic E-state index is 4.83. The molecular formula is C71H82N4O5S6. The minimum Gasteiger partial charge on any atom is -0.472 e. The molecule has 2 aromatic carbocycles. The van der Waals surface area contributed by atoms with E-state index in [2.05, 4.69) is 214 Å². The highest BCUT2D eigenvalue weighted by Gasteiger charge is 1.99. The topological polar surface area (TPSA) is 109 Å². The molecule has 0 spiro atoms. The van der Waals surface area contributed by atoms with Gasteiger partial charge >= 0.3 is 0 Å². The highest BCUT2D eigenvalue weighted by Crippen LogP contribution is 2.27. The molecule has 12 heterocycles. The lowest BCUT2D eigenvalue weighted by Gasteiger charge is -1.94. The Morgan fingerprint density at radius 2 is 1.08 bits per heavy atom. The van der Waals surface area contributed by atoms with E-state index in [1.807, 2.05) is 124 Å². The molecule has 0 saturated carbocycles. The molecule has 0 fully saturated rings. The lowest BCUT2D eigenvalue weighted by atomic mass is 10.1. The minimum absolute atomic E-state index is 0.856. The Hall–Kier alpha value is -7.89. The smallest absolute Gasteiger partial charge is 0.180 e. The van der Waals surface area contributed by atoms with Crippen LogP contribution in [-0.2, 0) is 7.05 Å². The first-order chi connectivity index (χ1) is 41.4. The van der Waals surface area contributed by atoms with E-state index in [0.29, 0.717) is 0 Å². The summed E-state index contributed by atoms with van der Waals surface area (Å²) in [6, 6.07) is 51.7. The molecule has 0 amide bonds. The van der Waals surface area contributed by atoms with Crippen molar-refractivity contribution in [2.75, 3.05) is 0 Å². The SMILES string of the molecule is Cc1cc(-c2ccccc2)cs1.Cc1ccc(-c2ccccc2)s1.Cc1ccc(C)s1.Cc1ccco1.Cc1cccs1.Cc1ccno1.Cc1ccoc1.Cc1ccsc1.Cc1cnoc1.Cc1cocn1.Cc1csc(C)c1.Cn1cccc1. The Balaban J connectivity index is 0.000000248. The van der Waals surface area contributed by atoms with Crippen LogP contribution in [0.2, 0.25) is 0 Å². The van der Waals surface area contributed by atoms with Crippen LogP contribution >= 0.6 is 68.0 Å². The van der Waals surface area contributed by atoms with Gasteiger partial charge in [0.15, 0.2) is 6.39 Å². The number of oxazole rings is 1. The van der Waals surface area contributed by atoms with Gasteiger partial charge in [-0.2, -0.15) is 11.3 Å². The van der Waals surface area contributed by atoms with Crippen LogP contribution in [0.5, 0.6) is 0 Å². The average Bonchev–Trinajstić information content (AvgIpc) is 4.44. The Kier molecular flexibility index (Phi) is 37.5. The fourth-order valence-corrected chi connectivity index (χ4v) is 10.4. The van der Waals surface area contributed by atoms with Crippen LogP contribution in [0.25, 0.3) is 21.6 Å². The summed E-state index contributed by atoms with van der Waals surface area (Å²) >= 11 is 10.8. The Morgan fingerprint density at radius 3 is 1.34 bits per heavy atom. The van der Waals surface area contributed by atoms with Crippen LogP contribution in [0.15, 0.2) is 263 Å². The number of thiophene rings is 6. The monoisotopic (exact) mass is 1260 g/mol. The van der Waals surface area contributed by atoms with E-state index in [9.17, 15) is 0 Å². The number of benzene rings is 2. The maximum absolute atomic E-state index is 4.83. The molecule has 0 saturated heterocycles. The molecule has 14 rings (SSSR count). The number of aromatic nitrogens is 4. The highest BCUT2D eigenvalue weighted by atomic mass is 32.1. The summed E-state index contributed by atoms with van der Waals surface area (Å²) in [5.41, 5.74) is 9.86. The van der Waals surface area contributed by atoms with E-state index >= 15 is 0 Å². The first-order valence-corrected chi connectivity index (χ1v) is 32.6. The molecule has 0 aliphatic rings. The number of hydrogen-bond donors (Lipinski definition) is 0. The summed E-state index contributed by atoms with van der Waals surface area (Å²) in [4.78, 5) is 13.4. The molecule has 0 bridgehead atoms. The van der Waals surface area contributed by atoms with Crippen molar-refractivity contribution in [1.82, 2.24) is 19.9 Å². The molecule has 0 aliphatic heterocycles. The van der Waals surface area contributed by atoms with E-state index in [-0.39, 0.29) is 0 Å². The molecule has 0 radical (unpaired) electrons.